The Morgan fingerprint density at radius 3 is 2.18 bits per heavy atom. The number of hydrogen-bond acceptors (Lipinski definition) is 7. The lowest BCUT2D eigenvalue weighted by Gasteiger charge is -2.29. The Morgan fingerprint density at radius 1 is 1.21 bits per heavy atom. The molecule has 1 aromatic rings. The van der Waals surface area contributed by atoms with Crippen molar-refractivity contribution in [1.29, 1.82) is 0 Å². The van der Waals surface area contributed by atoms with Gasteiger partial charge in [0.2, 0.25) is 0 Å². The van der Waals surface area contributed by atoms with E-state index < -0.39 is 45.2 Å². The second kappa shape index (κ2) is 8.28. The van der Waals surface area contributed by atoms with E-state index in [9.17, 15) is 44.5 Å². The monoisotopic (exact) mass is 543 g/mol. The first kappa shape index (κ1) is 24.2. The summed E-state index contributed by atoms with van der Waals surface area (Å²) in [6.07, 6.45) is -10.6. The van der Waals surface area contributed by atoms with Crippen LogP contribution in [0.1, 0.15) is 17.3 Å². The van der Waals surface area contributed by atoms with Gasteiger partial charge in [-0.05, 0) is 47.7 Å². The zero-order chi connectivity index (χ0) is 22.1. The van der Waals surface area contributed by atoms with E-state index in [0.717, 1.165) is 12.1 Å². The molecular formula is C14H9F5IO7S-. The molecule has 156 valence electrons. The third-order valence-corrected chi connectivity index (χ3v) is 4.65. The summed E-state index contributed by atoms with van der Waals surface area (Å²) in [7, 11) is -6.81. The minimum absolute atomic E-state index is 0.0544. The lowest BCUT2D eigenvalue weighted by molar-refractivity contribution is -0.248. The largest absolute Gasteiger partial charge is 0.743 e. The summed E-state index contributed by atoms with van der Waals surface area (Å²) in [5.41, 5.74) is -0.834. The fourth-order valence-corrected chi connectivity index (χ4v) is 2.42. The number of rotatable bonds is 6. The molecule has 0 aliphatic rings. The number of benzene rings is 1. The average molecular weight is 543 g/mol. The highest BCUT2D eigenvalue weighted by Gasteiger charge is 2.63. The van der Waals surface area contributed by atoms with Crippen molar-refractivity contribution >= 4 is 44.6 Å². The van der Waals surface area contributed by atoms with E-state index in [4.69, 9.17) is 4.74 Å². The second-order valence-electron chi connectivity index (χ2n) is 5.16. The summed E-state index contributed by atoms with van der Waals surface area (Å²) in [6.45, 7) is 4.58. The highest BCUT2D eigenvalue weighted by molar-refractivity contribution is 14.1. The van der Waals surface area contributed by atoms with E-state index in [1.165, 1.54) is 6.92 Å². The minimum atomic E-state index is -6.81. The Kier molecular flexibility index (Phi) is 7.17. The van der Waals surface area contributed by atoms with Gasteiger partial charge in [0.1, 0.15) is 5.75 Å². The number of alkyl halides is 5. The SMILES string of the molecule is C=C(C)C(=O)Oc1cc(C(=O)OC(C(F)(F)F)C(F)(F)S(=O)(=O)[O-])ccc1I. The highest BCUT2D eigenvalue weighted by Crippen LogP contribution is 2.38. The smallest absolute Gasteiger partial charge is 0.432 e. The molecule has 1 unspecified atom stereocenters. The third-order valence-electron chi connectivity index (χ3n) is 2.88. The standard InChI is InChI=1S/C14H10F5IO7S/c1-6(2)10(21)26-9-5-7(3-4-8(9)20)11(22)27-12(13(15,16)17)14(18,19)28(23,24)25/h3-5,12H,1H2,2H3,(H,23,24,25)/p-1. The Morgan fingerprint density at radius 2 is 1.75 bits per heavy atom. The summed E-state index contributed by atoms with van der Waals surface area (Å²) < 4.78 is 105. The van der Waals surface area contributed by atoms with Gasteiger partial charge in [-0.1, -0.05) is 6.58 Å². The predicted octanol–water partition coefficient (Wildman–Crippen LogP) is 3.00. The summed E-state index contributed by atoms with van der Waals surface area (Å²) in [6, 6.07) is 2.64. The van der Waals surface area contributed by atoms with E-state index in [0.29, 0.717) is 6.07 Å². The second-order valence-corrected chi connectivity index (χ2v) is 7.77. The van der Waals surface area contributed by atoms with Gasteiger partial charge in [0.25, 0.3) is 6.10 Å². The molecule has 1 aromatic carbocycles. The van der Waals surface area contributed by atoms with Crippen molar-refractivity contribution in [2.45, 2.75) is 24.5 Å². The molecular weight excluding hydrogens is 534 g/mol. The predicted molar refractivity (Wildman–Crippen MR) is 89.5 cm³/mol. The van der Waals surface area contributed by atoms with Crippen LogP contribution in [-0.2, 0) is 19.6 Å². The van der Waals surface area contributed by atoms with Crippen molar-refractivity contribution in [2.24, 2.45) is 0 Å². The van der Waals surface area contributed by atoms with Crippen molar-refractivity contribution in [3.05, 3.63) is 39.5 Å². The van der Waals surface area contributed by atoms with E-state index in [2.05, 4.69) is 11.3 Å². The molecule has 0 bridgehead atoms. The van der Waals surface area contributed by atoms with Gasteiger partial charge in [0, 0.05) is 5.57 Å². The summed E-state index contributed by atoms with van der Waals surface area (Å²) >= 11 is 1.64. The zero-order valence-corrected chi connectivity index (χ0v) is 16.5. The van der Waals surface area contributed by atoms with Crippen molar-refractivity contribution in [3.8, 4) is 5.75 Å². The molecule has 1 rings (SSSR count). The van der Waals surface area contributed by atoms with Gasteiger partial charge in [0.15, 0.2) is 10.1 Å². The first-order valence-corrected chi connectivity index (χ1v) is 9.25. The number of ether oxygens (including phenoxy) is 2. The maximum absolute atomic E-state index is 13.4. The zero-order valence-electron chi connectivity index (χ0n) is 13.6. The van der Waals surface area contributed by atoms with Crippen LogP contribution in [0.4, 0.5) is 22.0 Å². The van der Waals surface area contributed by atoms with Crippen LogP contribution >= 0.6 is 22.6 Å². The molecule has 0 heterocycles. The number of carbonyl (C=O) groups excluding carboxylic acids is 2. The fourth-order valence-electron chi connectivity index (χ4n) is 1.53. The molecule has 0 aromatic heterocycles. The van der Waals surface area contributed by atoms with E-state index in [-0.39, 0.29) is 14.9 Å². The number of esters is 2. The molecule has 0 aliphatic carbocycles. The van der Waals surface area contributed by atoms with Crippen molar-refractivity contribution in [2.75, 3.05) is 0 Å². The molecule has 7 nitrogen and oxygen atoms in total. The number of carbonyl (C=O) groups is 2. The topological polar surface area (TPSA) is 110 Å². The van der Waals surface area contributed by atoms with Crippen LogP contribution in [0.5, 0.6) is 5.75 Å². The highest BCUT2D eigenvalue weighted by atomic mass is 127. The average Bonchev–Trinajstić information content (AvgIpc) is 2.51. The molecule has 0 radical (unpaired) electrons. The molecule has 1 atom stereocenters. The van der Waals surface area contributed by atoms with E-state index in [1.54, 1.807) is 22.6 Å². The normalized spacial score (nSPS) is 13.6. The lowest BCUT2D eigenvalue weighted by Crippen LogP contribution is -2.52. The molecule has 14 heteroatoms. The van der Waals surface area contributed by atoms with Gasteiger partial charge >= 0.3 is 23.4 Å². The lowest BCUT2D eigenvalue weighted by atomic mass is 10.2. The van der Waals surface area contributed by atoms with Crippen LogP contribution in [0, 0.1) is 3.57 Å². The molecule has 0 aliphatic heterocycles. The third kappa shape index (κ3) is 5.60. The summed E-state index contributed by atoms with van der Waals surface area (Å²) in [5.74, 6) is -3.30. The molecule has 0 saturated carbocycles. The molecule has 0 spiro atoms. The maximum atomic E-state index is 13.4. The maximum Gasteiger partial charge on any atom is 0.432 e. The first-order chi connectivity index (χ1) is 12.5. The molecule has 0 amide bonds. The van der Waals surface area contributed by atoms with Crippen molar-refractivity contribution in [1.82, 2.24) is 0 Å². The van der Waals surface area contributed by atoms with Gasteiger partial charge in [-0.3, -0.25) is 0 Å². The van der Waals surface area contributed by atoms with Crippen molar-refractivity contribution in [3.63, 3.8) is 0 Å². The number of hydrogen-bond donors (Lipinski definition) is 0. The summed E-state index contributed by atoms with van der Waals surface area (Å²) in [4.78, 5) is 23.4. The van der Waals surface area contributed by atoms with Crippen LogP contribution in [0.15, 0.2) is 30.4 Å². The van der Waals surface area contributed by atoms with Crippen LogP contribution < -0.4 is 4.74 Å². The Balaban J connectivity index is 3.26. The van der Waals surface area contributed by atoms with Gasteiger partial charge < -0.3 is 14.0 Å². The molecule has 0 fully saturated rings. The van der Waals surface area contributed by atoms with E-state index in [1.807, 2.05) is 0 Å². The quantitative estimate of drug-likeness (QED) is 0.136. The number of halogens is 6. The summed E-state index contributed by atoms with van der Waals surface area (Å²) in [5, 5.41) is -5.97. The molecule has 28 heavy (non-hydrogen) atoms. The van der Waals surface area contributed by atoms with Crippen LogP contribution in [0.2, 0.25) is 0 Å². The van der Waals surface area contributed by atoms with Gasteiger partial charge in [-0.25, -0.2) is 18.0 Å². The van der Waals surface area contributed by atoms with Gasteiger partial charge in [0.05, 0.1) is 9.13 Å². The molecule has 0 N–H and O–H groups in total. The Hall–Kier alpha value is -1.81. The van der Waals surface area contributed by atoms with E-state index >= 15 is 0 Å². The van der Waals surface area contributed by atoms with Crippen LogP contribution in [0.25, 0.3) is 0 Å². The molecule has 0 saturated heterocycles. The fraction of sp³-hybridized carbons (Fsp3) is 0.286. The van der Waals surface area contributed by atoms with Gasteiger partial charge in [-0.15, -0.1) is 0 Å². The van der Waals surface area contributed by atoms with Crippen LogP contribution in [0.3, 0.4) is 0 Å². The van der Waals surface area contributed by atoms with Crippen molar-refractivity contribution < 1.29 is 54.0 Å². The Labute approximate surface area is 168 Å². The van der Waals surface area contributed by atoms with Crippen LogP contribution in [-0.4, -0.2) is 42.4 Å². The first-order valence-electron chi connectivity index (χ1n) is 6.76. The minimum Gasteiger partial charge on any atom is -0.743 e. The van der Waals surface area contributed by atoms with Gasteiger partial charge in [-0.2, -0.15) is 22.0 Å². The Bertz CT molecular complexity index is 911.